The number of hydrogen-bond donors (Lipinski definition) is 1. The first-order valence-corrected chi connectivity index (χ1v) is 8.80. The number of nitrogens with one attached hydrogen (secondary N) is 1. The van der Waals surface area contributed by atoms with Crippen molar-refractivity contribution in [1.29, 1.82) is 0 Å². The van der Waals surface area contributed by atoms with Crippen LogP contribution in [0.4, 0.5) is 5.82 Å². The summed E-state index contributed by atoms with van der Waals surface area (Å²) in [5.74, 6) is 0.647. The van der Waals surface area contributed by atoms with Gasteiger partial charge < -0.3 is 10.1 Å². The molecule has 140 valence electrons. The maximum Gasteiger partial charge on any atom is 0.266 e. The molecule has 0 aliphatic rings. The molecule has 0 bridgehead atoms. The summed E-state index contributed by atoms with van der Waals surface area (Å²) in [6.07, 6.45) is -0.700. The van der Waals surface area contributed by atoms with E-state index in [0.29, 0.717) is 11.4 Å². The quantitative estimate of drug-likeness (QED) is 0.726. The van der Waals surface area contributed by atoms with Crippen LogP contribution in [-0.4, -0.2) is 22.3 Å². The molecule has 3 aromatic rings. The first kappa shape index (κ1) is 18.6. The zero-order valence-electron chi connectivity index (χ0n) is 16.2. The molecule has 1 N–H and O–H groups in total. The largest absolute Gasteiger partial charge is 0.481 e. The van der Waals surface area contributed by atoms with Gasteiger partial charge in [-0.1, -0.05) is 29.8 Å². The maximum atomic E-state index is 12.6. The van der Waals surface area contributed by atoms with Crippen LogP contribution in [0.1, 0.15) is 29.2 Å². The Labute approximate surface area is 158 Å². The third kappa shape index (κ3) is 4.00. The Balaban J connectivity index is 1.78. The Kier molecular flexibility index (Phi) is 5.26. The topological polar surface area (TPSA) is 77.3 Å². The Morgan fingerprint density at radius 1 is 1.07 bits per heavy atom. The van der Waals surface area contributed by atoms with Gasteiger partial charge in [-0.3, -0.25) is 4.79 Å². The molecule has 6 heteroatoms. The Hall–Kier alpha value is -3.15. The van der Waals surface area contributed by atoms with Gasteiger partial charge in [0.05, 0.1) is 0 Å². The van der Waals surface area contributed by atoms with Gasteiger partial charge in [0.25, 0.3) is 5.91 Å². The van der Waals surface area contributed by atoms with E-state index < -0.39 is 6.10 Å². The zero-order valence-corrected chi connectivity index (χ0v) is 16.2. The van der Waals surface area contributed by atoms with Gasteiger partial charge in [0.1, 0.15) is 5.75 Å². The lowest BCUT2D eigenvalue weighted by atomic mass is 10.0. The van der Waals surface area contributed by atoms with E-state index in [-0.39, 0.29) is 11.7 Å². The van der Waals surface area contributed by atoms with E-state index in [1.165, 1.54) is 0 Å². The smallest absolute Gasteiger partial charge is 0.266 e. The number of carbonyl (C=O) groups is 1. The van der Waals surface area contributed by atoms with E-state index in [4.69, 9.17) is 9.37 Å². The Morgan fingerprint density at radius 2 is 1.85 bits per heavy atom. The van der Waals surface area contributed by atoms with E-state index in [1.54, 1.807) is 6.92 Å². The highest BCUT2D eigenvalue weighted by atomic mass is 16.6. The summed E-state index contributed by atoms with van der Waals surface area (Å²) in [4.78, 5) is 12.6. The predicted molar refractivity (Wildman–Crippen MR) is 104 cm³/mol. The van der Waals surface area contributed by atoms with Crippen molar-refractivity contribution in [3.05, 3.63) is 58.7 Å². The fourth-order valence-corrected chi connectivity index (χ4v) is 2.75. The lowest BCUT2D eigenvalue weighted by molar-refractivity contribution is -0.122. The second-order valence-electron chi connectivity index (χ2n) is 6.73. The highest BCUT2D eigenvalue weighted by Gasteiger charge is 2.21. The van der Waals surface area contributed by atoms with Crippen molar-refractivity contribution in [3.8, 4) is 17.0 Å². The van der Waals surface area contributed by atoms with Crippen LogP contribution in [0.5, 0.6) is 5.75 Å². The SMILES string of the molecule is Cc1ccc(C)c(-c2nonc2NC(=O)C(C)Oc2cccc(C)c2C)c1. The molecule has 0 spiro atoms. The van der Waals surface area contributed by atoms with E-state index in [0.717, 1.165) is 27.8 Å². The molecule has 2 aromatic carbocycles. The number of nitrogens with zero attached hydrogens (tertiary/aromatic N) is 2. The van der Waals surface area contributed by atoms with Crippen molar-refractivity contribution in [2.75, 3.05) is 5.32 Å². The molecule has 1 aromatic heterocycles. The van der Waals surface area contributed by atoms with Crippen LogP contribution in [-0.2, 0) is 4.79 Å². The molecule has 0 saturated carbocycles. The number of hydrogen-bond acceptors (Lipinski definition) is 5. The van der Waals surface area contributed by atoms with E-state index in [2.05, 4.69) is 15.6 Å². The minimum atomic E-state index is -0.700. The number of aromatic nitrogens is 2. The minimum absolute atomic E-state index is 0.283. The van der Waals surface area contributed by atoms with Gasteiger partial charge in [0, 0.05) is 5.56 Å². The average Bonchev–Trinajstić information content (AvgIpc) is 3.08. The molecular formula is C21H23N3O3. The predicted octanol–water partition coefficient (Wildman–Crippen LogP) is 4.38. The molecule has 6 nitrogen and oxygen atoms in total. The summed E-state index contributed by atoms with van der Waals surface area (Å²) in [6, 6.07) is 11.8. The zero-order chi connectivity index (χ0) is 19.6. The molecule has 0 fully saturated rings. The summed E-state index contributed by atoms with van der Waals surface area (Å²) in [6.45, 7) is 9.64. The number of carbonyl (C=O) groups excluding carboxylic acids is 1. The summed E-state index contributed by atoms with van der Waals surface area (Å²) in [7, 11) is 0. The van der Waals surface area contributed by atoms with Gasteiger partial charge in [-0.05, 0) is 73.8 Å². The van der Waals surface area contributed by atoms with Gasteiger partial charge in [0.15, 0.2) is 11.8 Å². The third-order valence-corrected chi connectivity index (χ3v) is 4.61. The van der Waals surface area contributed by atoms with Gasteiger partial charge in [0.2, 0.25) is 5.82 Å². The first-order valence-electron chi connectivity index (χ1n) is 8.80. The van der Waals surface area contributed by atoms with Crippen molar-refractivity contribution in [2.45, 2.75) is 40.7 Å². The van der Waals surface area contributed by atoms with Gasteiger partial charge >= 0.3 is 0 Å². The number of benzene rings is 2. The molecule has 1 unspecified atom stereocenters. The summed E-state index contributed by atoms with van der Waals surface area (Å²) >= 11 is 0. The van der Waals surface area contributed by atoms with Crippen molar-refractivity contribution in [2.24, 2.45) is 0 Å². The first-order chi connectivity index (χ1) is 12.9. The third-order valence-electron chi connectivity index (χ3n) is 4.61. The molecule has 27 heavy (non-hydrogen) atoms. The second kappa shape index (κ2) is 7.61. The molecule has 0 aliphatic heterocycles. The van der Waals surface area contributed by atoms with Crippen molar-refractivity contribution in [1.82, 2.24) is 10.3 Å². The monoisotopic (exact) mass is 365 g/mol. The van der Waals surface area contributed by atoms with E-state index in [1.807, 2.05) is 64.1 Å². The number of rotatable bonds is 5. The molecule has 1 amide bonds. The number of ether oxygens (including phenoxy) is 1. The standard InChI is InChI=1S/C21H23N3O3/c1-12-9-10-14(3)17(11-12)19-20(24-27-23-19)22-21(25)16(5)26-18-8-6-7-13(2)15(18)4/h6-11,16H,1-5H3,(H,22,24,25). The minimum Gasteiger partial charge on any atom is -0.481 e. The normalized spacial score (nSPS) is 11.9. The van der Waals surface area contributed by atoms with Crippen LogP contribution in [0.25, 0.3) is 11.3 Å². The fourth-order valence-electron chi connectivity index (χ4n) is 2.75. The summed E-state index contributed by atoms with van der Waals surface area (Å²) in [5, 5.41) is 10.6. The second-order valence-corrected chi connectivity index (χ2v) is 6.73. The summed E-state index contributed by atoms with van der Waals surface area (Å²) in [5.41, 5.74) is 5.60. The van der Waals surface area contributed by atoms with Crippen molar-refractivity contribution in [3.63, 3.8) is 0 Å². The Bertz CT molecular complexity index is 979. The van der Waals surface area contributed by atoms with Crippen molar-refractivity contribution >= 4 is 11.7 Å². The highest BCUT2D eigenvalue weighted by Crippen LogP contribution is 2.28. The lowest BCUT2D eigenvalue weighted by Crippen LogP contribution is -2.30. The van der Waals surface area contributed by atoms with Crippen LogP contribution < -0.4 is 10.1 Å². The molecule has 0 radical (unpaired) electrons. The maximum absolute atomic E-state index is 12.6. The molecular weight excluding hydrogens is 342 g/mol. The van der Waals surface area contributed by atoms with Gasteiger partial charge in [-0.25, -0.2) is 4.63 Å². The Morgan fingerprint density at radius 3 is 2.63 bits per heavy atom. The van der Waals surface area contributed by atoms with E-state index in [9.17, 15) is 4.79 Å². The molecule has 1 heterocycles. The summed E-state index contributed by atoms with van der Waals surface area (Å²) < 4.78 is 10.7. The molecule has 0 aliphatic carbocycles. The van der Waals surface area contributed by atoms with Gasteiger partial charge in [-0.15, -0.1) is 0 Å². The molecule has 1 atom stereocenters. The van der Waals surface area contributed by atoms with Gasteiger partial charge in [-0.2, -0.15) is 0 Å². The number of anilines is 1. The van der Waals surface area contributed by atoms with Crippen LogP contribution in [0, 0.1) is 27.7 Å². The number of aryl methyl sites for hydroxylation is 3. The number of amides is 1. The fraction of sp³-hybridized carbons (Fsp3) is 0.286. The average molecular weight is 365 g/mol. The van der Waals surface area contributed by atoms with Crippen molar-refractivity contribution < 1.29 is 14.2 Å². The van der Waals surface area contributed by atoms with Crippen LogP contribution in [0.3, 0.4) is 0 Å². The van der Waals surface area contributed by atoms with Crippen LogP contribution in [0.2, 0.25) is 0 Å². The van der Waals surface area contributed by atoms with Crippen LogP contribution in [0.15, 0.2) is 41.0 Å². The van der Waals surface area contributed by atoms with E-state index >= 15 is 0 Å². The lowest BCUT2D eigenvalue weighted by Gasteiger charge is -2.16. The molecule has 3 rings (SSSR count). The highest BCUT2D eigenvalue weighted by molar-refractivity contribution is 5.96. The molecule has 0 saturated heterocycles. The van der Waals surface area contributed by atoms with Crippen LogP contribution >= 0.6 is 0 Å².